The monoisotopic (exact) mass is 248 g/mol. The van der Waals surface area contributed by atoms with Crippen LogP contribution in [-0.4, -0.2) is 24.2 Å². The van der Waals surface area contributed by atoms with E-state index in [1.54, 1.807) is 12.1 Å². The molecule has 98 valence electrons. The molecule has 1 fully saturated rings. The largest absolute Gasteiger partial charge is 0.478 e. The Morgan fingerprint density at radius 2 is 1.94 bits per heavy atom. The molecule has 18 heavy (non-hydrogen) atoms. The number of benzene rings is 1. The summed E-state index contributed by atoms with van der Waals surface area (Å²) in [6.45, 7) is 6.57. The maximum Gasteiger partial charge on any atom is 0.337 e. The van der Waals surface area contributed by atoms with Gasteiger partial charge in [0.15, 0.2) is 0 Å². The Labute approximate surface area is 107 Å². The van der Waals surface area contributed by atoms with Gasteiger partial charge in [-0.2, -0.15) is 0 Å². The standard InChI is InChI=1S/C14H20N2O2/c1-14(2)5-7-16(8-6-14)10-3-4-11(13(17)18)12(15)9-10/h3-4,9H,5-8,15H2,1-2H3,(H,17,18). The van der Waals surface area contributed by atoms with E-state index in [9.17, 15) is 4.79 Å². The minimum Gasteiger partial charge on any atom is -0.478 e. The van der Waals surface area contributed by atoms with Crippen LogP contribution in [-0.2, 0) is 0 Å². The van der Waals surface area contributed by atoms with E-state index in [0.717, 1.165) is 31.6 Å². The number of nitrogens with zero attached hydrogens (tertiary/aromatic N) is 1. The Morgan fingerprint density at radius 1 is 1.33 bits per heavy atom. The minimum absolute atomic E-state index is 0.177. The van der Waals surface area contributed by atoms with Gasteiger partial charge in [-0.3, -0.25) is 0 Å². The normalized spacial score (nSPS) is 18.7. The van der Waals surface area contributed by atoms with Crippen LogP contribution in [0.15, 0.2) is 18.2 Å². The first-order chi connectivity index (χ1) is 8.39. The van der Waals surface area contributed by atoms with E-state index < -0.39 is 5.97 Å². The molecule has 0 radical (unpaired) electrons. The fourth-order valence-corrected chi connectivity index (χ4v) is 2.31. The second kappa shape index (κ2) is 4.52. The van der Waals surface area contributed by atoms with Crippen LogP contribution in [0.3, 0.4) is 0 Å². The molecule has 0 bridgehead atoms. The predicted octanol–water partition coefficient (Wildman–Crippen LogP) is 2.59. The van der Waals surface area contributed by atoms with Gasteiger partial charge >= 0.3 is 5.97 Å². The van der Waals surface area contributed by atoms with Gasteiger partial charge in [-0.15, -0.1) is 0 Å². The number of anilines is 2. The fourth-order valence-electron chi connectivity index (χ4n) is 2.31. The lowest BCUT2D eigenvalue weighted by Crippen LogP contribution is -2.37. The second-order valence-electron chi connectivity index (χ2n) is 5.73. The number of rotatable bonds is 2. The lowest BCUT2D eigenvalue weighted by Gasteiger charge is -2.38. The number of carbonyl (C=O) groups is 1. The smallest absolute Gasteiger partial charge is 0.337 e. The van der Waals surface area contributed by atoms with Gasteiger partial charge in [0.05, 0.1) is 5.56 Å². The summed E-state index contributed by atoms with van der Waals surface area (Å²) in [7, 11) is 0. The van der Waals surface area contributed by atoms with Crippen molar-refractivity contribution in [3.8, 4) is 0 Å². The van der Waals surface area contributed by atoms with Crippen LogP contribution < -0.4 is 10.6 Å². The predicted molar refractivity (Wildman–Crippen MR) is 73.0 cm³/mol. The Morgan fingerprint density at radius 3 is 2.44 bits per heavy atom. The number of carboxylic acid groups (broad SMARTS) is 1. The van der Waals surface area contributed by atoms with Crippen molar-refractivity contribution >= 4 is 17.3 Å². The zero-order chi connectivity index (χ0) is 13.3. The molecule has 1 aromatic carbocycles. The molecule has 0 atom stereocenters. The van der Waals surface area contributed by atoms with Crippen molar-refractivity contribution in [2.24, 2.45) is 5.41 Å². The lowest BCUT2D eigenvalue weighted by molar-refractivity contribution is 0.0698. The third-order valence-corrected chi connectivity index (χ3v) is 3.75. The molecule has 1 aromatic rings. The average molecular weight is 248 g/mol. The molecule has 0 saturated carbocycles. The van der Waals surface area contributed by atoms with Crippen molar-refractivity contribution in [1.82, 2.24) is 0 Å². The van der Waals surface area contributed by atoms with Gasteiger partial charge in [0.1, 0.15) is 0 Å². The quantitative estimate of drug-likeness (QED) is 0.789. The molecule has 2 rings (SSSR count). The van der Waals surface area contributed by atoms with Crippen molar-refractivity contribution in [2.45, 2.75) is 26.7 Å². The van der Waals surface area contributed by atoms with Crippen LogP contribution in [0.5, 0.6) is 0 Å². The number of aromatic carboxylic acids is 1. The first-order valence-electron chi connectivity index (χ1n) is 6.27. The van der Waals surface area contributed by atoms with E-state index in [1.807, 2.05) is 6.07 Å². The van der Waals surface area contributed by atoms with Crippen molar-refractivity contribution in [2.75, 3.05) is 23.7 Å². The first-order valence-corrected chi connectivity index (χ1v) is 6.27. The van der Waals surface area contributed by atoms with E-state index in [0.29, 0.717) is 11.1 Å². The summed E-state index contributed by atoms with van der Waals surface area (Å²) >= 11 is 0. The van der Waals surface area contributed by atoms with Gasteiger partial charge in [-0.25, -0.2) is 4.79 Å². The SMILES string of the molecule is CC1(C)CCN(c2ccc(C(=O)O)c(N)c2)CC1. The van der Waals surface area contributed by atoms with Gasteiger partial charge in [-0.1, -0.05) is 13.8 Å². The Kier molecular flexibility index (Phi) is 3.20. The third-order valence-electron chi connectivity index (χ3n) is 3.75. The van der Waals surface area contributed by atoms with E-state index >= 15 is 0 Å². The average Bonchev–Trinajstić information content (AvgIpc) is 2.28. The van der Waals surface area contributed by atoms with Crippen molar-refractivity contribution < 1.29 is 9.90 Å². The molecule has 0 spiro atoms. The number of hydrogen-bond acceptors (Lipinski definition) is 3. The molecule has 1 saturated heterocycles. The molecule has 4 heteroatoms. The maximum atomic E-state index is 10.9. The molecule has 1 aliphatic heterocycles. The van der Waals surface area contributed by atoms with Crippen LogP contribution in [0.25, 0.3) is 0 Å². The Balaban J connectivity index is 2.16. The zero-order valence-corrected chi connectivity index (χ0v) is 10.9. The second-order valence-corrected chi connectivity index (χ2v) is 5.73. The minimum atomic E-state index is -0.973. The molecular weight excluding hydrogens is 228 g/mol. The summed E-state index contributed by atoms with van der Waals surface area (Å²) < 4.78 is 0. The molecule has 1 heterocycles. The van der Waals surface area contributed by atoms with Gasteiger partial charge < -0.3 is 15.7 Å². The molecule has 0 amide bonds. The van der Waals surface area contributed by atoms with Crippen LogP contribution in [0.2, 0.25) is 0 Å². The highest BCUT2D eigenvalue weighted by Gasteiger charge is 2.25. The topological polar surface area (TPSA) is 66.6 Å². The van der Waals surface area contributed by atoms with E-state index in [-0.39, 0.29) is 5.56 Å². The molecule has 0 aliphatic carbocycles. The fraction of sp³-hybridized carbons (Fsp3) is 0.500. The highest BCUT2D eigenvalue weighted by atomic mass is 16.4. The van der Waals surface area contributed by atoms with Gasteiger partial charge in [0, 0.05) is 24.5 Å². The van der Waals surface area contributed by atoms with Crippen LogP contribution in [0.4, 0.5) is 11.4 Å². The van der Waals surface area contributed by atoms with Crippen LogP contribution in [0, 0.1) is 5.41 Å². The van der Waals surface area contributed by atoms with Crippen LogP contribution >= 0.6 is 0 Å². The highest BCUT2D eigenvalue weighted by molar-refractivity contribution is 5.94. The number of piperidine rings is 1. The summed E-state index contributed by atoms with van der Waals surface area (Å²) in [4.78, 5) is 13.2. The third kappa shape index (κ3) is 2.58. The van der Waals surface area contributed by atoms with E-state index in [1.165, 1.54) is 0 Å². The number of nitrogen functional groups attached to an aromatic ring is 1. The summed E-state index contributed by atoms with van der Waals surface area (Å²) in [6, 6.07) is 5.20. The maximum absolute atomic E-state index is 10.9. The van der Waals surface area contributed by atoms with Gasteiger partial charge in [-0.05, 0) is 36.5 Å². The lowest BCUT2D eigenvalue weighted by atomic mass is 9.82. The molecule has 0 aromatic heterocycles. The van der Waals surface area contributed by atoms with Crippen molar-refractivity contribution in [3.63, 3.8) is 0 Å². The van der Waals surface area contributed by atoms with Crippen LogP contribution in [0.1, 0.15) is 37.0 Å². The molecule has 4 nitrogen and oxygen atoms in total. The van der Waals surface area contributed by atoms with Crippen molar-refractivity contribution in [3.05, 3.63) is 23.8 Å². The molecular formula is C14H20N2O2. The van der Waals surface area contributed by atoms with Gasteiger partial charge in [0.25, 0.3) is 0 Å². The van der Waals surface area contributed by atoms with Crippen molar-refractivity contribution in [1.29, 1.82) is 0 Å². The molecule has 1 aliphatic rings. The Bertz CT molecular complexity index is 459. The van der Waals surface area contributed by atoms with E-state index in [4.69, 9.17) is 10.8 Å². The summed E-state index contributed by atoms with van der Waals surface area (Å²) in [5.41, 5.74) is 7.72. The number of nitrogens with two attached hydrogens (primary N) is 1. The summed E-state index contributed by atoms with van der Waals surface area (Å²) in [6.07, 6.45) is 2.29. The number of hydrogen-bond donors (Lipinski definition) is 2. The zero-order valence-electron chi connectivity index (χ0n) is 10.9. The number of carboxylic acids is 1. The summed E-state index contributed by atoms with van der Waals surface area (Å²) in [5, 5.41) is 8.94. The summed E-state index contributed by atoms with van der Waals surface area (Å²) in [5.74, 6) is -0.973. The van der Waals surface area contributed by atoms with E-state index in [2.05, 4.69) is 18.7 Å². The highest BCUT2D eigenvalue weighted by Crippen LogP contribution is 2.33. The first kappa shape index (κ1) is 12.7. The molecule has 3 N–H and O–H groups in total. The van der Waals surface area contributed by atoms with Gasteiger partial charge in [0.2, 0.25) is 0 Å². The molecule has 0 unspecified atom stereocenters. The Hall–Kier alpha value is -1.71.